The third-order valence-corrected chi connectivity index (χ3v) is 10.1. The lowest BCUT2D eigenvalue weighted by Gasteiger charge is -2.20. The van der Waals surface area contributed by atoms with E-state index in [1.165, 1.54) is 19.3 Å². The maximum absolute atomic E-state index is 12.6. The first-order valence-corrected chi connectivity index (χ1v) is 22.9. The number of epoxide rings is 1. The fourth-order valence-corrected chi connectivity index (χ4v) is 6.49. The van der Waals surface area contributed by atoms with Crippen LogP contribution in [0.4, 0.5) is 0 Å². The molecule has 1 aliphatic heterocycles. The van der Waals surface area contributed by atoms with Crippen LogP contribution in [-0.4, -0.2) is 72.1 Å². The van der Waals surface area contributed by atoms with Crippen LogP contribution in [0.25, 0.3) is 0 Å². The fourth-order valence-electron chi connectivity index (χ4n) is 5.71. The lowest BCUT2D eigenvalue weighted by Crippen LogP contribution is -2.34. The van der Waals surface area contributed by atoms with E-state index in [0.29, 0.717) is 25.0 Å². The second kappa shape index (κ2) is 35.1. The Bertz CT molecular complexity index is 1260. The molecule has 0 bridgehead atoms. The van der Waals surface area contributed by atoms with Crippen molar-refractivity contribution in [3.8, 4) is 0 Å². The number of hydrogen-bond donors (Lipinski definition) is 3. The maximum Gasteiger partial charge on any atom is 0.472 e. The zero-order chi connectivity index (χ0) is 41.8. The van der Waals surface area contributed by atoms with Crippen molar-refractivity contribution in [3.63, 3.8) is 0 Å². The summed E-state index contributed by atoms with van der Waals surface area (Å²) in [4.78, 5) is 46.0. The molecule has 0 spiro atoms. The van der Waals surface area contributed by atoms with E-state index in [2.05, 4.69) is 79.1 Å². The third kappa shape index (κ3) is 32.8. The summed E-state index contributed by atoms with van der Waals surface area (Å²) < 4.78 is 38.5. The minimum absolute atomic E-state index is 0.124. The summed E-state index contributed by atoms with van der Waals surface area (Å²) in [5.74, 6) is -2.44. The second-order valence-electron chi connectivity index (χ2n) is 14.5. The van der Waals surface area contributed by atoms with E-state index in [-0.39, 0.29) is 19.4 Å². The molecule has 0 aromatic carbocycles. The van der Waals surface area contributed by atoms with E-state index in [9.17, 15) is 23.8 Å². The molecule has 0 aromatic heterocycles. The molecule has 1 saturated heterocycles. The summed E-state index contributed by atoms with van der Waals surface area (Å²) >= 11 is 0. The van der Waals surface area contributed by atoms with E-state index in [0.717, 1.165) is 96.3 Å². The number of carbonyl (C=O) groups is 3. The molecule has 0 aliphatic carbocycles. The maximum atomic E-state index is 12.6. The Morgan fingerprint density at radius 1 is 0.667 bits per heavy atom. The van der Waals surface area contributed by atoms with Crippen molar-refractivity contribution in [1.29, 1.82) is 0 Å². The molecule has 0 saturated carbocycles. The Kier molecular flexibility index (Phi) is 32.1. The highest BCUT2D eigenvalue weighted by Gasteiger charge is 2.36. The third-order valence-electron chi connectivity index (χ3n) is 9.17. The second-order valence-corrected chi connectivity index (χ2v) is 15.9. The Morgan fingerprint density at radius 2 is 1.21 bits per heavy atom. The molecule has 326 valence electrons. The van der Waals surface area contributed by atoms with Crippen LogP contribution >= 0.6 is 7.82 Å². The molecule has 4 N–H and O–H groups in total. The van der Waals surface area contributed by atoms with Crippen LogP contribution < -0.4 is 5.73 Å². The Hall–Kier alpha value is -2.86. The highest BCUT2D eigenvalue weighted by Crippen LogP contribution is 2.43. The average molecular weight is 824 g/mol. The van der Waals surface area contributed by atoms with Crippen molar-refractivity contribution < 1.29 is 52.2 Å². The number of carboxylic acids is 1. The van der Waals surface area contributed by atoms with Gasteiger partial charge in [0.15, 0.2) is 6.10 Å². The minimum atomic E-state index is -4.73. The summed E-state index contributed by atoms with van der Waals surface area (Å²) in [5, 5.41) is 8.89. The number of phosphoric ester groups is 1. The summed E-state index contributed by atoms with van der Waals surface area (Å²) in [5.41, 5.74) is 5.33. The van der Waals surface area contributed by atoms with Gasteiger partial charge in [-0.1, -0.05) is 126 Å². The molecule has 1 fully saturated rings. The monoisotopic (exact) mass is 823 g/mol. The molecule has 1 rings (SSSR count). The summed E-state index contributed by atoms with van der Waals surface area (Å²) in [6.07, 6.45) is 41.6. The van der Waals surface area contributed by atoms with Gasteiger partial charge in [-0.05, 0) is 77.0 Å². The lowest BCUT2D eigenvalue weighted by molar-refractivity contribution is -0.161. The highest BCUT2D eigenvalue weighted by molar-refractivity contribution is 7.47. The molecule has 13 heteroatoms. The van der Waals surface area contributed by atoms with Gasteiger partial charge in [-0.2, -0.15) is 0 Å². The normalized spacial score (nSPS) is 17.9. The van der Waals surface area contributed by atoms with Crippen molar-refractivity contribution in [2.75, 3.05) is 19.8 Å². The number of aliphatic carboxylic acids is 1. The minimum Gasteiger partial charge on any atom is -0.480 e. The number of esters is 2. The summed E-state index contributed by atoms with van der Waals surface area (Å²) in [6.45, 7) is 2.59. The first-order valence-electron chi connectivity index (χ1n) is 21.4. The molecule has 12 nitrogen and oxygen atoms in total. The molecular formula is C44H74NO11P. The Labute approximate surface area is 343 Å². The van der Waals surface area contributed by atoms with Crippen LogP contribution in [0.5, 0.6) is 0 Å². The number of allylic oxidation sites excluding steroid dienone is 9. The van der Waals surface area contributed by atoms with Gasteiger partial charge in [0.05, 0.1) is 25.4 Å². The first kappa shape index (κ1) is 52.2. The Morgan fingerprint density at radius 3 is 1.86 bits per heavy atom. The van der Waals surface area contributed by atoms with E-state index in [4.69, 9.17) is 29.6 Å². The fraction of sp³-hybridized carbons (Fsp3) is 0.705. The molecular weight excluding hydrogens is 749 g/mol. The number of phosphoric acid groups is 1. The van der Waals surface area contributed by atoms with Gasteiger partial charge >= 0.3 is 25.7 Å². The number of rotatable bonds is 38. The number of ether oxygens (including phenoxy) is 3. The van der Waals surface area contributed by atoms with Crippen LogP contribution in [0.2, 0.25) is 0 Å². The topological polar surface area (TPSA) is 184 Å². The highest BCUT2D eigenvalue weighted by atomic mass is 31.2. The molecule has 5 atom stereocenters. The number of nitrogens with two attached hydrogens (primary N) is 1. The van der Waals surface area contributed by atoms with Crippen LogP contribution in [0.15, 0.2) is 60.8 Å². The number of unbranched alkanes of at least 4 members (excludes halogenated alkanes) is 11. The predicted molar refractivity (Wildman–Crippen MR) is 225 cm³/mol. The van der Waals surface area contributed by atoms with Crippen molar-refractivity contribution >= 4 is 25.7 Å². The molecule has 1 heterocycles. The van der Waals surface area contributed by atoms with Gasteiger partial charge in [0.2, 0.25) is 0 Å². The van der Waals surface area contributed by atoms with Crippen molar-refractivity contribution in [2.45, 2.75) is 179 Å². The van der Waals surface area contributed by atoms with E-state index >= 15 is 0 Å². The molecule has 1 aliphatic rings. The smallest absolute Gasteiger partial charge is 0.472 e. The van der Waals surface area contributed by atoms with E-state index in [1.54, 1.807) is 0 Å². The van der Waals surface area contributed by atoms with Crippen LogP contribution in [0.3, 0.4) is 0 Å². The van der Waals surface area contributed by atoms with Crippen molar-refractivity contribution in [3.05, 3.63) is 60.8 Å². The van der Waals surface area contributed by atoms with Crippen LogP contribution in [0, 0.1) is 0 Å². The Balaban J connectivity index is 2.32. The molecule has 3 unspecified atom stereocenters. The molecule has 0 radical (unpaired) electrons. The largest absolute Gasteiger partial charge is 0.480 e. The van der Waals surface area contributed by atoms with Gasteiger partial charge in [-0.15, -0.1) is 0 Å². The van der Waals surface area contributed by atoms with Gasteiger partial charge in [0, 0.05) is 12.8 Å². The zero-order valence-corrected chi connectivity index (χ0v) is 35.7. The van der Waals surface area contributed by atoms with Gasteiger partial charge < -0.3 is 29.9 Å². The van der Waals surface area contributed by atoms with Gasteiger partial charge in [-0.25, -0.2) is 4.57 Å². The van der Waals surface area contributed by atoms with Gasteiger partial charge in [0.1, 0.15) is 12.6 Å². The van der Waals surface area contributed by atoms with Crippen molar-refractivity contribution in [2.24, 2.45) is 5.73 Å². The van der Waals surface area contributed by atoms with E-state index in [1.807, 2.05) is 0 Å². The number of carboxylic acid groups (broad SMARTS) is 1. The molecule has 57 heavy (non-hydrogen) atoms. The first-order chi connectivity index (χ1) is 27.6. The zero-order valence-electron chi connectivity index (χ0n) is 34.9. The van der Waals surface area contributed by atoms with Crippen LogP contribution in [0.1, 0.15) is 155 Å². The predicted octanol–water partition coefficient (Wildman–Crippen LogP) is 10.2. The molecule has 0 amide bonds. The summed E-state index contributed by atoms with van der Waals surface area (Å²) in [7, 11) is -4.73. The summed E-state index contributed by atoms with van der Waals surface area (Å²) in [6, 6.07) is -1.53. The standard InChI is InChI=1S/C44H74NO11P/c1-3-5-7-9-11-12-13-14-15-16-17-18-19-20-21-25-30-34-43(47)55-38(36-53-57(50,51)54-37-39(45)44(48)49)35-52-42(46)33-29-26-22-24-28-32-41-40(56-41)31-27-23-10-8-6-4-2/h5,7,11-12,14-15,17-18,23,27,38-41H,3-4,6,8-10,13,16,19-22,24-26,28-37,45H2,1-2H3,(H,48,49)(H,50,51)/b7-5-,12-11-,15-14-,18-17-,27-23-/t38-,39+,40?,41?/m1/s1. The van der Waals surface area contributed by atoms with Crippen molar-refractivity contribution in [1.82, 2.24) is 0 Å². The molecule has 0 aromatic rings. The lowest BCUT2D eigenvalue weighted by atomic mass is 10.1. The van der Waals surface area contributed by atoms with Gasteiger partial charge in [-0.3, -0.25) is 23.4 Å². The average Bonchev–Trinajstić information content (AvgIpc) is 3.94. The SMILES string of the molecule is CC/C=C\C/C=C\C/C=C\C/C=C\CCCCCCC(=O)O[C@H](COC(=O)CCCCCCCC1OC1C/C=C\CCCCC)COP(=O)(O)OC[C@H](N)C(=O)O. The van der Waals surface area contributed by atoms with E-state index < -0.39 is 51.1 Å². The quantitative estimate of drug-likeness (QED) is 0.0176. The van der Waals surface area contributed by atoms with Gasteiger partial charge in [0.25, 0.3) is 0 Å². The number of carbonyl (C=O) groups excluding carboxylic acids is 2. The van der Waals surface area contributed by atoms with Crippen LogP contribution in [-0.2, 0) is 42.2 Å². The number of hydrogen-bond acceptors (Lipinski definition) is 10.